The molecule has 0 amide bonds. The van der Waals surface area contributed by atoms with Gasteiger partial charge in [0.15, 0.2) is 5.01 Å². The highest BCUT2D eigenvalue weighted by Gasteiger charge is 2.38. The summed E-state index contributed by atoms with van der Waals surface area (Å²) in [7, 11) is 1.78. The van der Waals surface area contributed by atoms with Gasteiger partial charge in [0.2, 0.25) is 0 Å². The highest BCUT2D eigenvalue weighted by atomic mass is 32.1. The zero-order valence-corrected chi connectivity index (χ0v) is 17.8. The number of hydrogen-bond acceptors (Lipinski definition) is 8. The molecule has 2 aromatic heterocycles. The molecule has 0 saturated carbocycles. The minimum Gasteiger partial charge on any atom is -0.507 e. The normalized spacial score (nSPS) is 25.9. The second-order valence-corrected chi connectivity index (χ2v) is 8.95. The summed E-state index contributed by atoms with van der Waals surface area (Å²) in [5.74, 6) is 0.141. The van der Waals surface area contributed by atoms with Gasteiger partial charge in [0.1, 0.15) is 11.9 Å². The van der Waals surface area contributed by atoms with E-state index in [1.807, 2.05) is 31.3 Å². The topological polar surface area (TPSA) is 94.3 Å². The Kier molecular flexibility index (Phi) is 5.18. The number of benzene rings is 1. The van der Waals surface area contributed by atoms with Crippen LogP contribution in [0, 0.1) is 6.92 Å². The van der Waals surface area contributed by atoms with Gasteiger partial charge in [-0.3, -0.25) is 0 Å². The molecule has 30 heavy (non-hydrogen) atoms. The SMILES string of the molecule is COC1CCC2CC(Oc3nnc(-c4ccc(-n5ccc(C)n5)cc4O)s3)CC1N2. The van der Waals surface area contributed by atoms with Crippen LogP contribution in [0.3, 0.4) is 0 Å². The number of aromatic nitrogens is 4. The molecule has 2 fully saturated rings. The fourth-order valence-electron chi connectivity index (χ4n) is 4.45. The van der Waals surface area contributed by atoms with Gasteiger partial charge in [-0.2, -0.15) is 5.10 Å². The van der Waals surface area contributed by atoms with Crippen LogP contribution in [-0.2, 0) is 4.74 Å². The molecule has 4 unspecified atom stereocenters. The number of nitrogens with zero attached hydrogens (tertiary/aromatic N) is 4. The van der Waals surface area contributed by atoms with Crippen LogP contribution >= 0.6 is 11.3 Å². The summed E-state index contributed by atoms with van der Waals surface area (Å²) in [5, 5.41) is 28.2. The quantitative estimate of drug-likeness (QED) is 0.646. The highest BCUT2D eigenvalue weighted by Crippen LogP contribution is 2.37. The molecule has 8 nitrogen and oxygen atoms in total. The molecular formula is C21H25N5O3S. The third-order valence-corrected chi connectivity index (χ3v) is 6.79. The van der Waals surface area contributed by atoms with Crippen molar-refractivity contribution in [2.75, 3.05) is 7.11 Å². The Morgan fingerprint density at radius 2 is 2.10 bits per heavy atom. The standard InChI is InChI=1S/C21H25N5O3S/c1-12-7-8-26(25-12)14-4-5-16(18(27)10-14)20-23-24-21(30-20)29-15-9-13-3-6-19(28-2)17(11-15)22-13/h4-5,7-8,10,13,15,17,19,22,27H,3,6,9,11H2,1-2H3. The Hall–Kier alpha value is -2.49. The molecule has 4 heterocycles. The van der Waals surface area contributed by atoms with Gasteiger partial charge in [-0.25, -0.2) is 4.68 Å². The van der Waals surface area contributed by atoms with Crippen LogP contribution in [0.2, 0.25) is 0 Å². The molecule has 5 rings (SSSR count). The lowest BCUT2D eigenvalue weighted by Crippen LogP contribution is -2.57. The van der Waals surface area contributed by atoms with Crippen molar-refractivity contribution in [2.24, 2.45) is 0 Å². The summed E-state index contributed by atoms with van der Waals surface area (Å²) in [6.07, 6.45) is 6.26. The molecule has 2 saturated heterocycles. The van der Waals surface area contributed by atoms with Gasteiger partial charge in [0.25, 0.3) is 5.19 Å². The van der Waals surface area contributed by atoms with Gasteiger partial charge in [-0.1, -0.05) is 16.4 Å². The van der Waals surface area contributed by atoms with Crippen molar-refractivity contribution >= 4 is 11.3 Å². The number of nitrogens with one attached hydrogen (secondary N) is 1. The number of hydrogen-bond donors (Lipinski definition) is 2. The van der Waals surface area contributed by atoms with Crippen molar-refractivity contribution in [3.05, 3.63) is 36.2 Å². The van der Waals surface area contributed by atoms with E-state index in [2.05, 4.69) is 20.6 Å². The van der Waals surface area contributed by atoms with E-state index >= 15 is 0 Å². The summed E-state index contributed by atoms with van der Waals surface area (Å²) in [6.45, 7) is 1.93. The Labute approximate surface area is 178 Å². The largest absolute Gasteiger partial charge is 0.507 e. The predicted molar refractivity (Wildman–Crippen MR) is 113 cm³/mol. The maximum atomic E-state index is 10.5. The number of phenolic OH excluding ortho intramolecular Hbond substituents is 1. The lowest BCUT2D eigenvalue weighted by atomic mass is 9.83. The Bertz CT molecular complexity index is 1040. The number of aromatic hydroxyl groups is 1. The molecule has 1 aromatic carbocycles. The summed E-state index contributed by atoms with van der Waals surface area (Å²) in [5.41, 5.74) is 2.35. The average molecular weight is 428 g/mol. The fourth-order valence-corrected chi connectivity index (χ4v) is 5.25. The first-order valence-electron chi connectivity index (χ1n) is 10.2. The molecule has 0 radical (unpaired) electrons. The molecule has 2 aliphatic heterocycles. The van der Waals surface area contributed by atoms with Gasteiger partial charge >= 0.3 is 0 Å². The second-order valence-electron chi connectivity index (χ2n) is 8.01. The van der Waals surface area contributed by atoms with Crippen LogP contribution in [-0.4, -0.2) is 56.5 Å². The van der Waals surface area contributed by atoms with Crippen molar-refractivity contribution in [1.82, 2.24) is 25.3 Å². The molecular weight excluding hydrogens is 402 g/mol. The smallest absolute Gasteiger partial charge is 0.294 e. The average Bonchev–Trinajstić information content (AvgIpc) is 3.37. The number of phenols is 1. The van der Waals surface area contributed by atoms with Crippen LogP contribution in [0.25, 0.3) is 16.3 Å². The lowest BCUT2D eigenvalue weighted by Gasteiger charge is -2.43. The van der Waals surface area contributed by atoms with Crippen molar-refractivity contribution in [3.63, 3.8) is 0 Å². The van der Waals surface area contributed by atoms with E-state index in [4.69, 9.17) is 9.47 Å². The van der Waals surface area contributed by atoms with Crippen LogP contribution in [0.15, 0.2) is 30.5 Å². The molecule has 4 atom stereocenters. The first-order chi connectivity index (χ1) is 14.6. The number of piperidine rings is 2. The van der Waals surface area contributed by atoms with Crippen molar-refractivity contribution in [2.45, 2.75) is 56.9 Å². The van der Waals surface area contributed by atoms with Gasteiger partial charge in [0.05, 0.1) is 23.0 Å². The number of rotatable bonds is 5. The maximum absolute atomic E-state index is 10.5. The summed E-state index contributed by atoms with van der Waals surface area (Å²) in [4.78, 5) is 0. The number of aryl methyl sites for hydroxylation is 1. The van der Waals surface area contributed by atoms with E-state index in [1.54, 1.807) is 17.9 Å². The van der Waals surface area contributed by atoms with E-state index in [-0.39, 0.29) is 18.0 Å². The maximum Gasteiger partial charge on any atom is 0.294 e. The van der Waals surface area contributed by atoms with Crippen molar-refractivity contribution in [1.29, 1.82) is 0 Å². The van der Waals surface area contributed by atoms with Crippen LogP contribution in [0.5, 0.6) is 10.9 Å². The van der Waals surface area contributed by atoms with Crippen LogP contribution < -0.4 is 10.1 Å². The Morgan fingerprint density at radius 3 is 2.87 bits per heavy atom. The first kappa shape index (κ1) is 19.5. The van der Waals surface area contributed by atoms with Gasteiger partial charge in [-0.05, 0) is 44.4 Å². The highest BCUT2D eigenvalue weighted by molar-refractivity contribution is 7.16. The van der Waals surface area contributed by atoms with E-state index in [9.17, 15) is 5.11 Å². The molecule has 9 heteroatoms. The van der Waals surface area contributed by atoms with Crippen molar-refractivity contribution in [3.8, 4) is 27.2 Å². The van der Waals surface area contributed by atoms with Gasteiger partial charge in [-0.15, -0.1) is 5.10 Å². The minimum atomic E-state index is 0.0963. The van der Waals surface area contributed by atoms with Crippen LogP contribution in [0.1, 0.15) is 31.4 Å². The molecule has 2 aliphatic rings. The Balaban J connectivity index is 1.30. The van der Waals surface area contributed by atoms with E-state index in [1.165, 1.54) is 11.3 Å². The molecule has 3 aromatic rings. The molecule has 0 spiro atoms. The van der Waals surface area contributed by atoms with Crippen LogP contribution in [0.4, 0.5) is 0 Å². The van der Waals surface area contributed by atoms with E-state index < -0.39 is 0 Å². The predicted octanol–water partition coefficient (Wildman–Crippen LogP) is 3.08. The first-order valence-corrected chi connectivity index (χ1v) is 11.1. The Morgan fingerprint density at radius 1 is 1.20 bits per heavy atom. The number of ether oxygens (including phenoxy) is 2. The van der Waals surface area contributed by atoms with Gasteiger partial charge in [0, 0.05) is 37.9 Å². The molecule has 2 bridgehead atoms. The lowest BCUT2D eigenvalue weighted by molar-refractivity contribution is -0.0119. The third-order valence-electron chi connectivity index (χ3n) is 5.94. The minimum absolute atomic E-state index is 0.0963. The van der Waals surface area contributed by atoms with Crippen molar-refractivity contribution < 1.29 is 14.6 Å². The number of methoxy groups -OCH3 is 1. The summed E-state index contributed by atoms with van der Waals surface area (Å²) < 4.78 is 13.5. The molecule has 158 valence electrons. The zero-order chi connectivity index (χ0) is 20.7. The molecule has 2 N–H and O–H groups in total. The molecule has 0 aliphatic carbocycles. The third kappa shape index (κ3) is 3.80. The monoisotopic (exact) mass is 427 g/mol. The second kappa shape index (κ2) is 7.98. The van der Waals surface area contributed by atoms with E-state index in [0.717, 1.165) is 37.1 Å². The summed E-state index contributed by atoms with van der Waals surface area (Å²) in [6, 6.07) is 8.13. The van der Waals surface area contributed by atoms with Gasteiger partial charge < -0.3 is 19.9 Å². The fraction of sp³-hybridized carbons (Fsp3) is 0.476. The summed E-state index contributed by atoms with van der Waals surface area (Å²) >= 11 is 1.36. The number of fused-ring (bicyclic) bond motifs is 2. The van der Waals surface area contributed by atoms with E-state index in [0.29, 0.717) is 27.8 Å². The zero-order valence-electron chi connectivity index (χ0n) is 17.0.